The number of unbranched alkanes of at least 4 members (excludes halogenated alkanes) is 1. The van der Waals surface area contributed by atoms with Crippen LogP contribution in [-0.4, -0.2) is 0 Å². The second-order valence-corrected chi connectivity index (χ2v) is 7.30. The molecule has 0 saturated carbocycles. The lowest BCUT2D eigenvalue weighted by molar-refractivity contribution is 0.625. The van der Waals surface area contributed by atoms with Gasteiger partial charge in [0.25, 0.3) is 0 Å². The van der Waals surface area contributed by atoms with Crippen molar-refractivity contribution in [1.29, 1.82) is 0 Å². The van der Waals surface area contributed by atoms with E-state index in [4.69, 9.17) is 11.6 Å². The van der Waals surface area contributed by atoms with Crippen LogP contribution in [0.25, 0.3) is 22.3 Å². The minimum atomic E-state index is -0.534. The number of halogens is 3. The fourth-order valence-corrected chi connectivity index (χ4v) is 3.82. The summed E-state index contributed by atoms with van der Waals surface area (Å²) in [6.07, 6.45) is 4.20. The van der Waals surface area contributed by atoms with Gasteiger partial charge in [-0.05, 0) is 76.9 Å². The van der Waals surface area contributed by atoms with Crippen molar-refractivity contribution in [3.8, 4) is 22.3 Å². The van der Waals surface area contributed by atoms with E-state index in [0.29, 0.717) is 11.1 Å². The normalized spacial score (nSPS) is 12.2. The third-order valence-electron chi connectivity index (χ3n) is 5.08. The van der Waals surface area contributed by atoms with Crippen LogP contribution in [0.2, 0.25) is 5.02 Å². The molecule has 0 unspecified atom stereocenters. The van der Waals surface area contributed by atoms with E-state index in [9.17, 15) is 8.78 Å². The van der Waals surface area contributed by atoms with Gasteiger partial charge in [0.2, 0.25) is 0 Å². The highest BCUT2D eigenvalue weighted by atomic mass is 35.5. The van der Waals surface area contributed by atoms with Crippen molar-refractivity contribution in [1.82, 2.24) is 0 Å². The van der Waals surface area contributed by atoms with Crippen molar-refractivity contribution in [2.75, 3.05) is 0 Å². The predicted octanol–water partition coefficient (Wildman–Crippen LogP) is 7.20. The fraction of sp³-hybridized carbons (Fsp3) is 0.217. The summed E-state index contributed by atoms with van der Waals surface area (Å²) in [5.74, 6) is -0.874. The summed E-state index contributed by atoms with van der Waals surface area (Å²) < 4.78 is 28.5. The van der Waals surface area contributed by atoms with Gasteiger partial charge in [0, 0.05) is 5.56 Å². The van der Waals surface area contributed by atoms with Gasteiger partial charge in [-0.3, -0.25) is 0 Å². The Morgan fingerprint density at radius 2 is 1.65 bits per heavy atom. The average Bonchev–Trinajstić information content (AvgIpc) is 2.98. The maximum absolute atomic E-state index is 14.7. The topological polar surface area (TPSA) is 0 Å². The third kappa shape index (κ3) is 3.03. The van der Waals surface area contributed by atoms with Gasteiger partial charge < -0.3 is 0 Å². The van der Waals surface area contributed by atoms with Crippen molar-refractivity contribution in [3.05, 3.63) is 81.9 Å². The Kier molecular flexibility index (Phi) is 4.54. The summed E-state index contributed by atoms with van der Waals surface area (Å²) in [6, 6.07) is 14.3. The smallest absolute Gasteiger partial charge is 0.142 e. The van der Waals surface area contributed by atoms with Crippen LogP contribution in [0.15, 0.2) is 48.5 Å². The lowest BCUT2D eigenvalue weighted by Crippen LogP contribution is -1.90. The zero-order chi connectivity index (χ0) is 18.3. The van der Waals surface area contributed by atoms with Crippen LogP contribution in [-0.2, 0) is 12.8 Å². The standard InChI is InChI=1S/C23H19ClF2/c1-2-3-4-14-5-7-18-16(9-14)10-17-11-20(22(25)13-19(17)18)15-6-8-21(24)23(26)12-15/h5-9,11-13H,2-4,10H2,1H3. The number of benzene rings is 3. The molecule has 0 N–H and O–H groups in total. The van der Waals surface area contributed by atoms with E-state index in [1.807, 2.05) is 6.07 Å². The van der Waals surface area contributed by atoms with E-state index in [1.165, 1.54) is 36.1 Å². The molecule has 26 heavy (non-hydrogen) atoms. The van der Waals surface area contributed by atoms with Crippen LogP contribution in [0.4, 0.5) is 8.78 Å². The van der Waals surface area contributed by atoms with E-state index in [0.717, 1.165) is 29.5 Å². The minimum absolute atomic E-state index is 0.0438. The van der Waals surface area contributed by atoms with Crippen LogP contribution in [0.5, 0.6) is 0 Å². The molecule has 1 aliphatic carbocycles. The molecule has 0 aromatic heterocycles. The first-order valence-electron chi connectivity index (χ1n) is 8.97. The highest BCUT2D eigenvalue weighted by Crippen LogP contribution is 2.40. The second kappa shape index (κ2) is 6.85. The number of aryl methyl sites for hydroxylation is 1. The Balaban J connectivity index is 1.73. The van der Waals surface area contributed by atoms with Crippen LogP contribution >= 0.6 is 11.6 Å². The molecule has 3 heteroatoms. The fourth-order valence-electron chi connectivity index (χ4n) is 3.70. The van der Waals surface area contributed by atoms with Crippen LogP contribution in [0.3, 0.4) is 0 Å². The lowest BCUT2D eigenvalue weighted by atomic mass is 9.98. The van der Waals surface area contributed by atoms with Crippen molar-refractivity contribution in [3.63, 3.8) is 0 Å². The molecule has 0 bridgehead atoms. The summed E-state index contributed by atoms with van der Waals surface area (Å²) >= 11 is 5.74. The van der Waals surface area contributed by atoms with E-state index < -0.39 is 5.82 Å². The second-order valence-electron chi connectivity index (χ2n) is 6.89. The summed E-state index contributed by atoms with van der Waals surface area (Å²) in [6.45, 7) is 2.19. The van der Waals surface area contributed by atoms with E-state index >= 15 is 0 Å². The molecule has 132 valence electrons. The first-order chi connectivity index (χ1) is 12.6. The molecule has 4 rings (SSSR count). The summed E-state index contributed by atoms with van der Waals surface area (Å²) in [5.41, 5.74) is 6.63. The van der Waals surface area contributed by atoms with Gasteiger partial charge in [0.05, 0.1) is 5.02 Å². The summed E-state index contributed by atoms with van der Waals surface area (Å²) in [4.78, 5) is 0. The molecular formula is C23H19ClF2. The Labute approximate surface area is 157 Å². The SMILES string of the molecule is CCCCc1ccc2c(c1)Cc1cc(-c3ccc(Cl)c(F)c3)c(F)cc1-2. The summed E-state index contributed by atoms with van der Waals surface area (Å²) in [7, 11) is 0. The minimum Gasteiger partial charge on any atom is -0.206 e. The Bertz CT molecular complexity index is 992. The lowest BCUT2D eigenvalue weighted by Gasteiger charge is -2.09. The highest BCUT2D eigenvalue weighted by Gasteiger charge is 2.22. The Morgan fingerprint density at radius 1 is 0.846 bits per heavy atom. The molecule has 3 aromatic carbocycles. The molecule has 0 amide bonds. The quantitative estimate of drug-likeness (QED) is 0.357. The predicted molar refractivity (Wildman–Crippen MR) is 104 cm³/mol. The van der Waals surface area contributed by atoms with Crippen LogP contribution in [0.1, 0.15) is 36.5 Å². The van der Waals surface area contributed by atoms with E-state index in [1.54, 1.807) is 12.1 Å². The Morgan fingerprint density at radius 3 is 2.42 bits per heavy atom. The molecule has 0 saturated heterocycles. The molecule has 1 aliphatic rings. The van der Waals surface area contributed by atoms with Gasteiger partial charge in [0.1, 0.15) is 11.6 Å². The molecule has 0 atom stereocenters. The molecule has 3 aromatic rings. The van der Waals surface area contributed by atoms with Crippen LogP contribution < -0.4 is 0 Å². The van der Waals surface area contributed by atoms with Crippen LogP contribution in [0, 0.1) is 11.6 Å². The number of rotatable bonds is 4. The number of fused-ring (bicyclic) bond motifs is 3. The monoisotopic (exact) mass is 368 g/mol. The maximum Gasteiger partial charge on any atom is 0.142 e. The Hall–Kier alpha value is -2.19. The van der Waals surface area contributed by atoms with Crippen molar-refractivity contribution < 1.29 is 8.78 Å². The largest absolute Gasteiger partial charge is 0.206 e. The zero-order valence-electron chi connectivity index (χ0n) is 14.6. The molecule has 0 aliphatic heterocycles. The highest BCUT2D eigenvalue weighted by molar-refractivity contribution is 6.30. The average molecular weight is 369 g/mol. The van der Waals surface area contributed by atoms with Gasteiger partial charge in [-0.25, -0.2) is 8.78 Å². The first-order valence-corrected chi connectivity index (χ1v) is 9.34. The van der Waals surface area contributed by atoms with Gasteiger partial charge in [-0.1, -0.05) is 49.2 Å². The zero-order valence-corrected chi connectivity index (χ0v) is 15.3. The molecule has 0 heterocycles. The van der Waals surface area contributed by atoms with Gasteiger partial charge in [0.15, 0.2) is 0 Å². The maximum atomic E-state index is 14.7. The van der Waals surface area contributed by atoms with Crippen molar-refractivity contribution in [2.45, 2.75) is 32.6 Å². The molecule has 0 fully saturated rings. The summed E-state index contributed by atoms with van der Waals surface area (Å²) in [5, 5.41) is 0.0438. The van der Waals surface area contributed by atoms with E-state index in [-0.39, 0.29) is 10.8 Å². The van der Waals surface area contributed by atoms with Gasteiger partial charge in [-0.15, -0.1) is 0 Å². The molecule has 0 radical (unpaired) electrons. The van der Waals surface area contributed by atoms with Gasteiger partial charge >= 0.3 is 0 Å². The molecule has 0 spiro atoms. The molecular weight excluding hydrogens is 350 g/mol. The molecule has 0 nitrogen and oxygen atoms in total. The number of hydrogen-bond acceptors (Lipinski definition) is 0. The van der Waals surface area contributed by atoms with Gasteiger partial charge in [-0.2, -0.15) is 0 Å². The third-order valence-corrected chi connectivity index (χ3v) is 5.39. The first kappa shape index (κ1) is 17.2. The van der Waals surface area contributed by atoms with Crippen molar-refractivity contribution in [2.24, 2.45) is 0 Å². The van der Waals surface area contributed by atoms with E-state index in [2.05, 4.69) is 25.1 Å². The van der Waals surface area contributed by atoms with Crippen molar-refractivity contribution >= 4 is 11.6 Å². The number of hydrogen-bond donors (Lipinski definition) is 0.